The maximum absolute atomic E-state index is 12.9. The van der Waals surface area contributed by atoms with Crippen molar-refractivity contribution >= 4 is 5.97 Å². The van der Waals surface area contributed by atoms with Crippen molar-refractivity contribution in [2.24, 2.45) is 5.92 Å². The summed E-state index contributed by atoms with van der Waals surface area (Å²) in [6.07, 6.45) is 0.550. The molecule has 0 N–H and O–H groups in total. The smallest absolute Gasteiger partial charge is 0.312 e. The first kappa shape index (κ1) is 10.9. The van der Waals surface area contributed by atoms with Crippen molar-refractivity contribution in [3.8, 4) is 5.75 Å². The molecule has 0 amide bonds. The lowest BCUT2D eigenvalue weighted by Gasteiger charge is -2.23. The second kappa shape index (κ2) is 4.51. The Labute approximate surface area is 93.2 Å². The number of halogens is 1. The molecule has 0 spiro atoms. The number of fused-ring (bicyclic) bond motifs is 1. The lowest BCUT2D eigenvalue weighted by atomic mass is 9.97. The highest BCUT2D eigenvalue weighted by molar-refractivity contribution is 5.73. The highest BCUT2D eigenvalue weighted by Crippen LogP contribution is 2.28. The number of carbonyl (C=O) groups excluding carboxylic acids is 1. The Morgan fingerprint density at radius 3 is 3.19 bits per heavy atom. The summed E-state index contributed by atoms with van der Waals surface area (Å²) in [7, 11) is 0. The van der Waals surface area contributed by atoms with Crippen LogP contribution < -0.4 is 4.74 Å². The Kier molecular flexibility index (Phi) is 3.08. The van der Waals surface area contributed by atoms with E-state index in [0.717, 1.165) is 5.56 Å². The zero-order valence-corrected chi connectivity index (χ0v) is 9.03. The highest BCUT2D eigenvalue weighted by Gasteiger charge is 2.27. The topological polar surface area (TPSA) is 35.5 Å². The molecule has 1 aliphatic heterocycles. The van der Waals surface area contributed by atoms with Gasteiger partial charge in [-0.15, -0.1) is 0 Å². The Morgan fingerprint density at radius 2 is 2.44 bits per heavy atom. The number of rotatable bonds is 2. The Morgan fingerprint density at radius 1 is 1.62 bits per heavy atom. The van der Waals surface area contributed by atoms with E-state index in [4.69, 9.17) is 9.47 Å². The molecular formula is C12H13FO3. The fraction of sp³-hybridized carbons (Fsp3) is 0.417. The van der Waals surface area contributed by atoms with Gasteiger partial charge in [0.2, 0.25) is 0 Å². The predicted molar refractivity (Wildman–Crippen MR) is 55.7 cm³/mol. The summed E-state index contributed by atoms with van der Waals surface area (Å²) in [5.74, 6) is -0.329. The SMILES string of the molecule is CCOC(=O)C1COc2cc(F)ccc2C1. The average Bonchev–Trinajstić information content (AvgIpc) is 2.28. The fourth-order valence-electron chi connectivity index (χ4n) is 1.76. The van der Waals surface area contributed by atoms with Gasteiger partial charge in [0.05, 0.1) is 12.5 Å². The summed E-state index contributed by atoms with van der Waals surface area (Å²) < 4.78 is 23.2. The third-order valence-corrected chi connectivity index (χ3v) is 2.56. The van der Waals surface area contributed by atoms with Crippen LogP contribution in [0.1, 0.15) is 12.5 Å². The van der Waals surface area contributed by atoms with Crippen molar-refractivity contribution in [2.75, 3.05) is 13.2 Å². The molecule has 0 saturated carbocycles. The van der Waals surface area contributed by atoms with E-state index in [1.54, 1.807) is 13.0 Å². The molecular weight excluding hydrogens is 211 g/mol. The van der Waals surface area contributed by atoms with Gasteiger partial charge in [0.25, 0.3) is 0 Å². The molecule has 0 radical (unpaired) electrons. The van der Waals surface area contributed by atoms with Crippen LogP contribution in [0.25, 0.3) is 0 Å². The van der Waals surface area contributed by atoms with Crippen LogP contribution in [0, 0.1) is 11.7 Å². The van der Waals surface area contributed by atoms with E-state index >= 15 is 0 Å². The molecule has 0 saturated heterocycles. The summed E-state index contributed by atoms with van der Waals surface area (Å²) in [5.41, 5.74) is 0.853. The van der Waals surface area contributed by atoms with Crippen LogP contribution in [0.2, 0.25) is 0 Å². The van der Waals surface area contributed by atoms with Crippen molar-refractivity contribution in [1.29, 1.82) is 0 Å². The second-order valence-electron chi connectivity index (χ2n) is 3.72. The number of hydrogen-bond donors (Lipinski definition) is 0. The Hall–Kier alpha value is -1.58. The average molecular weight is 224 g/mol. The number of ether oxygens (including phenoxy) is 2. The number of hydrogen-bond acceptors (Lipinski definition) is 3. The minimum absolute atomic E-state index is 0.252. The minimum atomic E-state index is -0.326. The first-order chi connectivity index (χ1) is 7.70. The molecule has 16 heavy (non-hydrogen) atoms. The van der Waals surface area contributed by atoms with Gasteiger partial charge in [0.15, 0.2) is 0 Å². The molecule has 3 nitrogen and oxygen atoms in total. The van der Waals surface area contributed by atoms with E-state index in [1.807, 2.05) is 0 Å². The Balaban J connectivity index is 2.12. The molecule has 1 atom stereocenters. The maximum Gasteiger partial charge on any atom is 0.312 e. The highest BCUT2D eigenvalue weighted by atomic mass is 19.1. The molecule has 2 rings (SSSR count). The largest absolute Gasteiger partial charge is 0.492 e. The summed E-state index contributed by atoms with van der Waals surface area (Å²) in [4.78, 5) is 11.5. The zero-order valence-electron chi connectivity index (χ0n) is 9.03. The van der Waals surface area contributed by atoms with Gasteiger partial charge in [-0.2, -0.15) is 0 Å². The molecule has 1 aromatic carbocycles. The van der Waals surface area contributed by atoms with Gasteiger partial charge in [-0.05, 0) is 25.0 Å². The van der Waals surface area contributed by atoms with Gasteiger partial charge >= 0.3 is 5.97 Å². The van der Waals surface area contributed by atoms with Crippen molar-refractivity contribution in [3.05, 3.63) is 29.6 Å². The van der Waals surface area contributed by atoms with Crippen LogP contribution in [-0.4, -0.2) is 19.2 Å². The molecule has 0 aliphatic carbocycles. The molecule has 0 bridgehead atoms. The van der Waals surface area contributed by atoms with Crippen molar-refractivity contribution < 1.29 is 18.7 Å². The molecule has 1 aromatic rings. The lowest BCUT2D eigenvalue weighted by molar-refractivity contribution is -0.149. The van der Waals surface area contributed by atoms with Crippen LogP contribution in [0.5, 0.6) is 5.75 Å². The third kappa shape index (κ3) is 2.15. The standard InChI is InChI=1S/C12H13FO3/c1-2-15-12(14)9-5-8-3-4-10(13)6-11(8)16-7-9/h3-4,6,9H,2,5,7H2,1H3. The van der Waals surface area contributed by atoms with E-state index in [2.05, 4.69) is 0 Å². The third-order valence-electron chi connectivity index (χ3n) is 2.56. The van der Waals surface area contributed by atoms with E-state index in [-0.39, 0.29) is 24.3 Å². The molecule has 1 heterocycles. The minimum Gasteiger partial charge on any atom is -0.492 e. The van der Waals surface area contributed by atoms with Crippen molar-refractivity contribution in [2.45, 2.75) is 13.3 Å². The van der Waals surface area contributed by atoms with Crippen LogP contribution in [0.15, 0.2) is 18.2 Å². The normalized spacial score (nSPS) is 18.5. The molecule has 1 aliphatic rings. The first-order valence-corrected chi connectivity index (χ1v) is 5.28. The molecule has 0 fully saturated rings. The fourth-order valence-corrected chi connectivity index (χ4v) is 1.76. The second-order valence-corrected chi connectivity index (χ2v) is 3.72. The number of esters is 1. The van der Waals surface area contributed by atoms with Gasteiger partial charge in [-0.25, -0.2) is 4.39 Å². The van der Waals surface area contributed by atoms with Gasteiger partial charge in [0.1, 0.15) is 18.2 Å². The van der Waals surface area contributed by atoms with Crippen molar-refractivity contribution in [3.63, 3.8) is 0 Å². The maximum atomic E-state index is 12.9. The predicted octanol–water partition coefficient (Wildman–Crippen LogP) is 1.94. The summed E-state index contributed by atoms with van der Waals surface area (Å²) in [6, 6.07) is 4.36. The molecule has 0 aromatic heterocycles. The van der Waals surface area contributed by atoms with E-state index in [9.17, 15) is 9.18 Å². The van der Waals surface area contributed by atoms with E-state index < -0.39 is 0 Å². The van der Waals surface area contributed by atoms with Crippen LogP contribution in [0.3, 0.4) is 0 Å². The van der Waals surface area contributed by atoms with Gasteiger partial charge in [-0.1, -0.05) is 6.07 Å². The summed E-state index contributed by atoms with van der Waals surface area (Å²) in [6.45, 7) is 2.39. The van der Waals surface area contributed by atoms with Crippen LogP contribution in [0.4, 0.5) is 4.39 Å². The van der Waals surface area contributed by atoms with Crippen molar-refractivity contribution in [1.82, 2.24) is 0 Å². The first-order valence-electron chi connectivity index (χ1n) is 5.28. The zero-order chi connectivity index (χ0) is 11.5. The van der Waals surface area contributed by atoms with Gasteiger partial charge < -0.3 is 9.47 Å². The lowest BCUT2D eigenvalue weighted by Crippen LogP contribution is -2.29. The molecule has 86 valence electrons. The van der Waals surface area contributed by atoms with Gasteiger partial charge in [-0.3, -0.25) is 4.79 Å². The number of benzene rings is 1. The van der Waals surface area contributed by atoms with E-state index in [1.165, 1.54) is 12.1 Å². The summed E-state index contributed by atoms with van der Waals surface area (Å²) >= 11 is 0. The molecule has 4 heteroatoms. The van der Waals surface area contributed by atoms with Gasteiger partial charge in [0, 0.05) is 6.07 Å². The molecule has 1 unspecified atom stereocenters. The van der Waals surface area contributed by atoms with Crippen LogP contribution in [-0.2, 0) is 16.0 Å². The monoisotopic (exact) mass is 224 g/mol. The Bertz CT molecular complexity index is 403. The van der Waals surface area contributed by atoms with E-state index in [0.29, 0.717) is 18.8 Å². The quantitative estimate of drug-likeness (QED) is 0.720. The van der Waals surface area contributed by atoms with Crippen LogP contribution >= 0.6 is 0 Å². The summed E-state index contributed by atoms with van der Waals surface area (Å²) in [5, 5.41) is 0. The number of carbonyl (C=O) groups is 1.